The van der Waals surface area contributed by atoms with Gasteiger partial charge in [0.15, 0.2) is 0 Å². The lowest BCUT2D eigenvalue weighted by atomic mass is 10.2. The van der Waals surface area contributed by atoms with Crippen molar-refractivity contribution in [3.05, 3.63) is 54.1 Å². The van der Waals surface area contributed by atoms with Crippen molar-refractivity contribution in [1.29, 1.82) is 0 Å². The van der Waals surface area contributed by atoms with E-state index in [2.05, 4.69) is 10.6 Å². The van der Waals surface area contributed by atoms with Crippen LogP contribution in [0.15, 0.2) is 48.5 Å². The smallest absolute Gasteiger partial charge is 0.416 e. The van der Waals surface area contributed by atoms with Gasteiger partial charge in [-0.25, -0.2) is 0 Å². The van der Waals surface area contributed by atoms with Gasteiger partial charge in [0.1, 0.15) is 5.75 Å². The van der Waals surface area contributed by atoms with Crippen molar-refractivity contribution in [2.45, 2.75) is 6.18 Å². The van der Waals surface area contributed by atoms with E-state index >= 15 is 0 Å². The Morgan fingerprint density at radius 2 is 1.25 bits per heavy atom. The zero-order valence-electron chi connectivity index (χ0n) is 12.5. The molecule has 0 aliphatic heterocycles. The lowest BCUT2D eigenvalue weighted by Gasteiger charge is -2.09. The van der Waals surface area contributed by atoms with E-state index in [0.717, 1.165) is 24.3 Å². The van der Waals surface area contributed by atoms with Gasteiger partial charge < -0.3 is 15.4 Å². The highest BCUT2D eigenvalue weighted by Gasteiger charge is 2.30. The third-order valence-corrected chi connectivity index (χ3v) is 3.02. The summed E-state index contributed by atoms with van der Waals surface area (Å²) in [6.07, 6.45) is -4.46. The van der Waals surface area contributed by atoms with E-state index in [0.29, 0.717) is 11.4 Å². The average molecular weight is 338 g/mol. The minimum Gasteiger partial charge on any atom is -0.497 e. The molecule has 0 spiro atoms. The number of hydrogen-bond donors (Lipinski definition) is 2. The molecule has 0 saturated heterocycles. The summed E-state index contributed by atoms with van der Waals surface area (Å²) in [5.74, 6) is -1.35. The van der Waals surface area contributed by atoms with Gasteiger partial charge in [0, 0.05) is 11.4 Å². The van der Waals surface area contributed by atoms with Gasteiger partial charge in [-0.05, 0) is 48.5 Å². The van der Waals surface area contributed by atoms with Crippen molar-refractivity contribution in [2.24, 2.45) is 0 Å². The summed E-state index contributed by atoms with van der Waals surface area (Å²) >= 11 is 0. The van der Waals surface area contributed by atoms with Crippen molar-refractivity contribution >= 4 is 23.2 Å². The molecule has 126 valence electrons. The SMILES string of the molecule is COc1ccc(NC(=O)C(=O)Nc2ccc(C(F)(F)F)cc2)cc1. The molecule has 0 atom stereocenters. The van der Waals surface area contributed by atoms with Gasteiger partial charge in [0.05, 0.1) is 12.7 Å². The largest absolute Gasteiger partial charge is 0.497 e. The number of rotatable bonds is 3. The highest BCUT2D eigenvalue weighted by atomic mass is 19.4. The highest BCUT2D eigenvalue weighted by Crippen LogP contribution is 2.29. The van der Waals surface area contributed by atoms with Crippen LogP contribution in [0.1, 0.15) is 5.56 Å². The molecule has 5 nitrogen and oxygen atoms in total. The fourth-order valence-electron chi connectivity index (χ4n) is 1.79. The van der Waals surface area contributed by atoms with E-state index in [-0.39, 0.29) is 5.69 Å². The molecule has 0 saturated carbocycles. The first-order valence-corrected chi connectivity index (χ1v) is 6.73. The molecule has 8 heteroatoms. The fourth-order valence-corrected chi connectivity index (χ4v) is 1.79. The van der Waals surface area contributed by atoms with Crippen molar-refractivity contribution in [1.82, 2.24) is 0 Å². The van der Waals surface area contributed by atoms with E-state index < -0.39 is 23.6 Å². The normalized spacial score (nSPS) is 10.8. The van der Waals surface area contributed by atoms with Gasteiger partial charge in [-0.1, -0.05) is 0 Å². The lowest BCUT2D eigenvalue weighted by Crippen LogP contribution is -2.29. The number of anilines is 2. The first-order chi connectivity index (χ1) is 11.3. The maximum absolute atomic E-state index is 12.4. The number of hydrogen-bond acceptors (Lipinski definition) is 3. The standard InChI is InChI=1S/C16H13F3N2O3/c1-24-13-8-6-12(7-9-13)21-15(23)14(22)20-11-4-2-10(3-5-11)16(17,18)19/h2-9H,1H3,(H,20,22)(H,21,23). The molecule has 0 aromatic heterocycles. The van der Waals surface area contributed by atoms with Gasteiger partial charge in [0.2, 0.25) is 0 Å². The number of nitrogens with one attached hydrogen (secondary N) is 2. The Balaban J connectivity index is 1.97. The summed E-state index contributed by atoms with van der Waals surface area (Å²) in [7, 11) is 1.49. The first kappa shape index (κ1) is 17.3. The molecule has 0 heterocycles. The van der Waals surface area contributed by atoms with Crippen molar-refractivity contribution in [3.8, 4) is 5.75 Å². The molecular formula is C16H13F3N2O3. The molecule has 0 radical (unpaired) electrons. The maximum atomic E-state index is 12.4. The van der Waals surface area contributed by atoms with Crippen LogP contribution in [0.25, 0.3) is 0 Å². The number of halogens is 3. The summed E-state index contributed by atoms with van der Waals surface area (Å²) in [6, 6.07) is 10.1. The second kappa shape index (κ2) is 7.03. The quantitative estimate of drug-likeness (QED) is 0.844. The molecule has 2 rings (SSSR count). The lowest BCUT2D eigenvalue weighted by molar-refractivity contribution is -0.137. The van der Waals surface area contributed by atoms with Crippen LogP contribution in [0.4, 0.5) is 24.5 Å². The molecule has 0 fully saturated rings. The third-order valence-electron chi connectivity index (χ3n) is 3.02. The molecule has 2 aromatic rings. The van der Waals surface area contributed by atoms with Gasteiger partial charge in [-0.3, -0.25) is 9.59 Å². The van der Waals surface area contributed by atoms with Gasteiger partial charge in [-0.15, -0.1) is 0 Å². The first-order valence-electron chi connectivity index (χ1n) is 6.73. The summed E-state index contributed by atoms with van der Waals surface area (Å²) < 4.78 is 42.3. The van der Waals surface area contributed by atoms with Crippen LogP contribution >= 0.6 is 0 Å². The molecule has 0 aliphatic rings. The number of carbonyl (C=O) groups is 2. The van der Waals surface area contributed by atoms with Crippen LogP contribution in [-0.2, 0) is 15.8 Å². The van der Waals surface area contributed by atoms with Crippen LogP contribution in [0.3, 0.4) is 0 Å². The number of methoxy groups -OCH3 is 1. The zero-order valence-corrected chi connectivity index (χ0v) is 12.5. The van der Waals surface area contributed by atoms with Crippen LogP contribution in [0, 0.1) is 0 Å². The van der Waals surface area contributed by atoms with Crippen molar-refractivity contribution in [2.75, 3.05) is 17.7 Å². The minimum absolute atomic E-state index is 0.0814. The van der Waals surface area contributed by atoms with Crippen LogP contribution < -0.4 is 15.4 Å². The Hall–Kier alpha value is -3.03. The van der Waals surface area contributed by atoms with E-state index in [1.807, 2.05) is 0 Å². The topological polar surface area (TPSA) is 67.4 Å². The van der Waals surface area contributed by atoms with E-state index in [1.54, 1.807) is 24.3 Å². The molecule has 24 heavy (non-hydrogen) atoms. The van der Waals surface area contributed by atoms with Crippen molar-refractivity contribution in [3.63, 3.8) is 0 Å². The maximum Gasteiger partial charge on any atom is 0.416 e. The molecule has 0 aliphatic carbocycles. The molecule has 2 amide bonds. The molecule has 0 bridgehead atoms. The van der Waals surface area contributed by atoms with E-state index in [9.17, 15) is 22.8 Å². The zero-order chi connectivity index (χ0) is 17.7. The monoisotopic (exact) mass is 338 g/mol. The predicted octanol–water partition coefficient (Wildman–Crippen LogP) is 3.29. The van der Waals surface area contributed by atoms with Crippen LogP contribution in [0.5, 0.6) is 5.75 Å². The Morgan fingerprint density at radius 3 is 1.62 bits per heavy atom. The highest BCUT2D eigenvalue weighted by molar-refractivity contribution is 6.43. The Bertz CT molecular complexity index is 726. The second-order valence-corrected chi connectivity index (χ2v) is 4.71. The number of amides is 2. The Labute approximate surface area is 135 Å². The number of alkyl halides is 3. The van der Waals surface area contributed by atoms with Gasteiger partial charge in [0.25, 0.3) is 0 Å². The Morgan fingerprint density at radius 1 is 0.833 bits per heavy atom. The number of carbonyl (C=O) groups excluding carboxylic acids is 2. The van der Waals surface area contributed by atoms with E-state index in [1.165, 1.54) is 7.11 Å². The molecule has 0 unspecified atom stereocenters. The summed E-state index contributed by atoms with van der Waals surface area (Å²) in [5, 5.41) is 4.58. The summed E-state index contributed by atoms with van der Waals surface area (Å²) in [4.78, 5) is 23.5. The predicted molar refractivity (Wildman–Crippen MR) is 81.7 cm³/mol. The fraction of sp³-hybridized carbons (Fsp3) is 0.125. The molecule has 2 N–H and O–H groups in total. The van der Waals surface area contributed by atoms with Gasteiger partial charge in [-0.2, -0.15) is 13.2 Å². The second-order valence-electron chi connectivity index (χ2n) is 4.71. The Kier molecular flexibility index (Phi) is 5.08. The van der Waals surface area contributed by atoms with Crippen molar-refractivity contribution < 1.29 is 27.5 Å². The summed E-state index contributed by atoms with van der Waals surface area (Å²) in [6.45, 7) is 0. The van der Waals surface area contributed by atoms with Crippen LogP contribution in [-0.4, -0.2) is 18.9 Å². The molecular weight excluding hydrogens is 325 g/mol. The number of benzene rings is 2. The van der Waals surface area contributed by atoms with Gasteiger partial charge >= 0.3 is 18.0 Å². The molecule has 2 aromatic carbocycles. The third kappa shape index (κ3) is 4.48. The number of ether oxygens (including phenoxy) is 1. The minimum atomic E-state index is -4.46. The average Bonchev–Trinajstić information content (AvgIpc) is 2.55. The van der Waals surface area contributed by atoms with E-state index in [4.69, 9.17) is 4.74 Å². The summed E-state index contributed by atoms with van der Waals surface area (Å²) in [5.41, 5.74) is -0.385. The van der Waals surface area contributed by atoms with Crippen LogP contribution in [0.2, 0.25) is 0 Å².